The molecule has 0 saturated carbocycles. The van der Waals surface area contributed by atoms with E-state index in [1.54, 1.807) is 13.4 Å². The zero-order chi connectivity index (χ0) is 28.0. The van der Waals surface area contributed by atoms with Crippen molar-refractivity contribution in [1.29, 1.82) is 0 Å². The fourth-order valence-electron chi connectivity index (χ4n) is 4.92. The van der Waals surface area contributed by atoms with Gasteiger partial charge in [-0.1, -0.05) is 0 Å². The molecule has 2 aromatic heterocycles. The zero-order valence-corrected chi connectivity index (χ0v) is 22.9. The highest BCUT2D eigenvalue weighted by Gasteiger charge is 2.23. The lowest BCUT2D eigenvalue weighted by molar-refractivity contribution is 0.172. The van der Waals surface area contributed by atoms with Crippen molar-refractivity contribution in [2.45, 2.75) is 6.42 Å². The molecule has 10 nitrogen and oxygen atoms in total. The molecule has 0 atom stereocenters. The Balaban J connectivity index is 1.02. The molecular formula is C31H32N6O4. The zero-order valence-electron chi connectivity index (χ0n) is 22.9. The van der Waals surface area contributed by atoms with Gasteiger partial charge in [0, 0.05) is 80.6 Å². The highest BCUT2D eigenvalue weighted by molar-refractivity contribution is 5.91. The number of hydrogen-bond acceptors (Lipinski definition) is 7. The van der Waals surface area contributed by atoms with Gasteiger partial charge in [0.25, 0.3) is 0 Å². The smallest absolute Gasteiger partial charge is 0.321 e. The number of fused-ring (bicyclic) bond motifs is 2. The number of carbonyl (C=O) groups excluding carboxylic acids is 1. The third-order valence-corrected chi connectivity index (χ3v) is 7.08. The number of ether oxygens (including phenoxy) is 3. The molecule has 1 fully saturated rings. The highest BCUT2D eigenvalue weighted by atomic mass is 16.5. The summed E-state index contributed by atoms with van der Waals surface area (Å²) in [4.78, 5) is 29.2. The summed E-state index contributed by atoms with van der Waals surface area (Å²) in [5.74, 6) is 3.10. The van der Waals surface area contributed by atoms with Crippen molar-refractivity contribution in [3.63, 3.8) is 0 Å². The molecule has 2 N–H and O–H groups in total. The molecule has 0 aliphatic carbocycles. The molecule has 3 aromatic carbocycles. The van der Waals surface area contributed by atoms with Crippen LogP contribution in [0.4, 0.5) is 16.3 Å². The predicted molar refractivity (Wildman–Crippen MR) is 159 cm³/mol. The van der Waals surface area contributed by atoms with E-state index >= 15 is 0 Å². The fraction of sp³-hybridized carbons (Fsp3) is 0.258. The molecular weight excluding hydrogens is 520 g/mol. The molecule has 0 radical (unpaired) electrons. The molecule has 0 unspecified atom stereocenters. The lowest BCUT2D eigenvalue weighted by atomic mass is 10.2. The third kappa shape index (κ3) is 6.17. The van der Waals surface area contributed by atoms with E-state index in [4.69, 9.17) is 14.2 Å². The average molecular weight is 553 g/mol. The van der Waals surface area contributed by atoms with Gasteiger partial charge in [-0.3, -0.25) is 0 Å². The molecule has 5 aromatic rings. The predicted octanol–water partition coefficient (Wildman–Crippen LogP) is 5.67. The van der Waals surface area contributed by atoms with Crippen LogP contribution < -0.4 is 19.7 Å². The summed E-state index contributed by atoms with van der Waals surface area (Å²) >= 11 is 0. The molecule has 210 valence electrons. The number of hydrogen-bond donors (Lipinski definition) is 2. The minimum Gasteiger partial charge on any atom is -0.493 e. The number of nitrogens with one attached hydrogen (secondary N) is 2. The average Bonchev–Trinajstić information content (AvgIpc) is 3.48. The second-order valence-corrected chi connectivity index (χ2v) is 9.83. The molecule has 10 heteroatoms. The SMILES string of the molecule is COCCCOc1ccc2c(N3CCN(C(=O)Nc4ccc(Oc5ccc6[nH]ccc6c5)cc4)CC3)ncnc2c1. The van der Waals surface area contributed by atoms with Crippen LogP contribution in [-0.4, -0.2) is 72.4 Å². The van der Waals surface area contributed by atoms with E-state index in [1.165, 1.54) is 0 Å². The van der Waals surface area contributed by atoms with Gasteiger partial charge in [0.15, 0.2) is 0 Å². The maximum atomic E-state index is 13.0. The highest BCUT2D eigenvalue weighted by Crippen LogP contribution is 2.28. The Labute approximate surface area is 237 Å². The van der Waals surface area contributed by atoms with Crippen LogP contribution in [0.2, 0.25) is 0 Å². The van der Waals surface area contributed by atoms with Crippen LogP contribution in [0.5, 0.6) is 17.2 Å². The summed E-state index contributed by atoms with van der Waals surface area (Å²) in [7, 11) is 1.68. The van der Waals surface area contributed by atoms with Gasteiger partial charge in [-0.25, -0.2) is 14.8 Å². The first kappa shape index (κ1) is 26.4. The first-order valence-corrected chi connectivity index (χ1v) is 13.7. The molecule has 0 spiro atoms. The van der Waals surface area contributed by atoms with Crippen molar-refractivity contribution in [1.82, 2.24) is 19.9 Å². The second kappa shape index (κ2) is 12.1. The summed E-state index contributed by atoms with van der Waals surface area (Å²) in [6.45, 7) is 3.77. The number of piperazine rings is 1. The Morgan fingerprint density at radius 3 is 2.54 bits per heavy atom. The van der Waals surface area contributed by atoms with Crippen molar-refractivity contribution < 1.29 is 19.0 Å². The first-order valence-electron chi connectivity index (χ1n) is 13.7. The van der Waals surface area contributed by atoms with Crippen molar-refractivity contribution in [2.24, 2.45) is 0 Å². The molecule has 1 aliphatic heterocycles. The minimum absolute atomic E-state index is 0.126. The molecule has 3 heterocycles. The van der Waals surface area contributed by atoms with Gasteiger partial charge in [0.05, 0.1) is 12.1 Å². The van der Waals surface area contributed by atoms with Crippen LogP contribution in [0.15, 0.2) is 79.3 Å². The van der Waals surface area contributed by atoms with E-state index in [2.05, 4.69) is 25.2 Å². The number of amides is 2. The number of methoxy groups -OCH3 is 1. The Kier molecular flexibility index (Phi) is 7.81. The van der Waals surface area contributed by atoms with E-state index in [-0.39, 0.29) is 6.03 Å². The normalized spacial score (nSPS) is 13.5. The van der Waals surface area contributed by atoms with Gasteiger partial charge in [-0.15, -0.1) is 0 Å². The largest absolute Gasteiger partial charge is 0.493 e. The maximum absolute atomic E-state index is 13.0. The second-order valence-electron chi connectivity index (χ2n) is 9.83. The Bertz CT molecular complexity index is 1630. The summed E-state index contributed by atoms with van der Waals surface area (Å²) in [6.07, 6.45) is 4.31. The van der Waals surface area contributed by atoms with Gasteiger partial charge >= 0.3 is 6.03 Å². The molecule has 1 saturated heterocycles. The number of nitrogens with zero attached hydrogens (tertiary/aromatic N) is 4. The fourth-order valence-corrected chi connectivity index (χ4v) is 4.92. The third-order valence-electron chi connectivity index (χ3n) is 7.08. The number of anilines is 2. The number of carbonyl (C=O) groups is 1. The van der Waals surface area contributed by atoms with E-state index in [0.717, 1.165) is 45.5 Å². The molecule has 6 rings (SSSR count). The van der Waals surface area contributed by atoms with E-state index < -0.39 is 0 Å². The quantitative estimate of drug-likeness (QED) is 0.227. The van der Waals surface area contributed by atoms with Gasteiger partial charge in [-0.05, 0) is 60.7 Å². The van der Waals surface area contributed by atoms with Crippen molar-refractivity contribution in [3.8, 4) is 17.2 Å². The number of H-pyrrole nitrogens is 1. The van der Waals surface area contributed by atoms with Crippen LogP contribution in [0, 0.1) is 0 Å². The molecule has 2 amide bonds. The lowest BCUT2D eigenvalue weighted by Gasteiger charge is -2.35. The number of benzene rings is 3. The molecule has 41 heavy (non-hydrogen) atoms. The molecule has 1 aliphatic rings. The van der Waals surface area contributed by atoms with E-state index in [9.17, 15) is 4.79 Å². The maximum Gasteiger partial charge on any atom is 0.321 e. The van der Waals surface area contributed by atoms with Crippen LogP contribution in [0.1, 0.15) is 6.42 Å². The van der Waals surface area contributed by atoms with E-state index in [0.29, 0.717) is 50.8 Å². The van der Waals surface area contributed by atoms with Crippen LogP contribution in [0.3, 0.4) is 0 Å². The van der Waals surface area contributed by atoms with Crippen LogP contribution in [0.25, 0.3) is 21.8 Å². The Hall–Kier alpha value is -4.83. The standard InChI is InChI=1S/C31H32N6O4/c1-39-17-2-18-40-25-7-9-27-29(20-25)33-21-34-30(27)36-13-15-37(16-14-36)31(38)35-23-3-5-24(6-4-23)41-26-8-10-28-22(19-26)11-12-32-28/h3-12,19-21,32H,2,13-18H2,1H3,(H,35,38). The van der Waals surface area contributed by atoms with Crippen LogP contribution >= 0.6 is 0 Å². The number of urea groups is 1. The summed E-state index contributed by atoms with van der Waals surface area (Å²) in [5, 5.41) is 5.05. The lowest BCUT2D eigenvalue weighted by Crippen LogP contribution is -2.50. The number of aromatic nitrogens is 3. The van der Waals surface area contributed by atoms with Gasteiger partial charge in [-0.2, -0.15) is 0 Å². The molecule has 0 bridgehead atoms. The van der Waals surface area contributed by atoms with Crippen molar-refractivity contribution >= 4 is 39.3 Å². The summed E-state index contributed by atoms with van der Waals surface area (Å²) in [6, 6.07) is 21.1. The topological polar surface area (TPSA) is 105 Å². The first-order chi connectivity index (χ1) is 20.2. The minimum atomic E-state index is -0.126. The van der Waals surface area contributed by atoms with Gasteiger partial charge in [0.2, 0.25) is 0 Å². The van der Waals surface area contributed by atoms with Crippen molar-refractivity contribution in [3.05, 3.63) is 79.3 Å². The van der Waals surface area contributed by atoms with Gasteiger partial charge in [0.1, 0.15) is 29.4 Å². The van der Waals surface area contributed by atoms with E-state index in [1.807, 2.05) is 77.8 Å². The Morgan fingerprint density at radius 1 is 0.902 bits per heavy atom. The number of aromatic amines is 1. The van der Waals surface area contributed by atoms with Crippen molar-refractivity contribution in [2.75, 3.05) is 56.7 Å². The van der Waals surface area contributed by atoms with Gasteiger partial charge < -0.3 is 34.3 Å². The monoisotopic (exact) mass is 552 g/mol. The van der Waals surface area contributed by atoms with Crippen LogP contribution in [-0.2, 0) is 4.74 Å². The number of rotatable bonds is 9. The summed E-state index contributed by atoms with van der Waals surface area (Å²) in [5.41, 5.74) is 2.61. The summed E-state index contributed by atoms with van der Waals surface area (Å²) < 4.78 is 16.9. The Morgan fingerprint density at radius 2 is 1.71 bits per heavy atom.